The average Bonchev–Trinajstić information content (AvgIpc) is 2.38. The molecule has 1 aromatic rings. The highest BCUT2D eigenvalue weighted by atomic mass is 16.5. The Morgan fingerprint density at radius 2 is 2.47 bits per heavy atom. The molecular weight excluding hydrogens is 224 g/mol. The van der Waals surface area contributed by atoms with Gasteiger partial charge in [-0.25, -0.2) is 0 Å². The highest BCUT2D eigenvalue weighted by Gasteiger charge is 2.28. The molecule has 1 fully saturated rings. The van der Waals surface area contributed by atoms with Crippen LogP contribution in [0.25, 0.3) is 0 Å². The van der Waals surface area contributed by atoms with E-state index in [9.17, 15) is 9.59 Å². The molecule has 1 saturated heterocycles. The Bertz CT molecular complexity index is 457. The van der Waals surface area contributed by atoms with Crippen LogP contribution in [0.2, 0.25) is 0 Å². The molecule has 0 aliphatic carbocycles. The minimum atomic E-state index is -0.416. The van der Waals surface area contributed by atoms with E-state index in [0.717, 1.165) is 0 Å². The van der Waals surface area contributed by atoms with Gasteiger partial charge in [0.2, 0.25) is 0 Å². The van der Waals surface area contributed by atoms with Gasteiger partial charge >= 0.3 is 0 Å². The molecule has 1 unspecified atom stereocenters. The van der Waals surface area contributed by atoms with Gasteiger partial charge in [-0.3, -0.25) is 9.59 Å². The minimum Gasteiger partial charge on any atom is -0.394 e. The fraction of sp³-hybridized carbons (Fsp3) is 0.455. The predicted molar refractivity (Wildman–Crippen MR) is 59.8 cm³/mol. The predicted octanol–water partition coefficient (Wildman–Crippen LogP) is -0.792. The minimum absolute atomic E-state index is 0.0906. The number of morpholine rings is 1. The fourth-order valence-electron chi connectivity index (χ4n) is 1.82. The number of ether oxygens (including phenoxy) is 1. The van der Waals surface area contributed by atoms with Crippen molar-refractivity contribution in [3.8, 4) is 0 Å². The summed E-state index contributed by atoms with van der Waals surface area (Å²) in [5.41, 5.74) is -0.325. The topological polar surface area (TPSA) is 82.6 Å². The molecule has 0 aromatic carbocycles. The molecule has 0 bridgehead atoms. The normalized spacial score (nSPS) is 20.3. The summed E-state index contributed by atoms with van der Waals surface area (Å²) >= 11 is 0. The van der Waals surface area contributed by atoms with Crippen LogP contribution in [0, 0.1) is 0 Å². The Hall–Kier alpha value is -1.66. The molecule has 92 valence electrons. The van der Waals surface area contributed by atoms with Gasteiger partial charge in [-0.1, -0.05) is 0 Å². The van der Waals surface area contributed by atoms with Crippen LogP contribution in [0.4, 0.5) is 0 Å². The van der Waals surface area contributed by atoms with Gasteiger partial charge in [0.15, 0.2) is 0 Å². The van der Waals surface area contributed by atoms with E-state index in [1.165, 1.54) is 17.2 Å². The van der Waals surface area contributed by atoms with Crippen LogP contribution in [-0.2, 0) is 4.74 Å². The monoisotopic (exact) mass is 238 g/mol. The van der Waals surface area contributed by atoms with Crippen molar-refractivity contribution in [1.29, 1.82) is 0 Å². The van der Waals surface area contributed by atoms with Gasteiger partial charge in [0.25, 0.3) is 11.5 Å². The van der Waals surface area contributed by atoms with Crippen LogP contribution in [0.3, 0.4) is 0 Å². The van der Waals surface area contributed by atoms with Crippen molar-refractivity contribution in [1.82, 2.24) is 9.88 Å². The maximum absolute atomic E-state index is 12.1. The second-order valence-electron chi connectivity index (χ2n) is 3.82. The van der Waals surface area contributed by atoms with Crippen molar-refractivity contribution in [2.24, 2.45) is 0 Å². The molecule has 2 rings (SSSR count). The van der Waals surface area contributed by atoms with Gasteiger partial charge < -0.3 is 19.7 Å². The highest BCUT2D eigenvalue weighted by Crippen LogP contribution is 2.09. The first kappa shape index (κ1) is 11.8. The van der Waals surface area contributed by atoms with Gasteiger partial charge in [-0.2, -0.15) is 0 Å². The molecular formula is C11H14N2O4. The van der Waals surface area contributed by atoms with E-state index in [0.29, 0.717) is 19.8 Å². The zero-order chi connectivity index (χ0) is 12.3. The third-order valence-electron chi connectivity index (χ3n) is 2.75. The number of pyridine rings is 1. The number of nitrogens with zero attached hydrogens (tertiary/aromatic N) is 1. The van der Waals surface area contributed by atoms with Gasteiger partial charge in [-0.15, -0.1) is 0 Å². The summed E-state index contributed by atoms with van der Waals surface area (Å²) in [6.07, 6.45) is 1.47. The van der Waals surface area contributed by atoms with E-state index in [1.54, 1.807) is 6.07 Å². The van der Waals surface area contributed by atoms with Crippen LogP contribution in [-0.4, -0.2) is 53.3 Å². The second-order valence-corrected chi connectivity index (χ2v) is 3.82. The number of hydrogen-bond acceptors (Lipinski definition) is 4. The summed E-state index contributed by atoms with van der Waals surface area (Å²) in [4.78, 5) is 27.6. The zero-order valence-electron chi connectivity index (χ0n) is 9.26. The molecule has 1 aliphatic heterocycles. The van der Waals surface area contributed by atoms with Crippen LogP contribution >= 0.6 is 0 Å². The SMILES string of the molecule is O=C(c1ccc[nH]c1=O)N1CCOCC1CO. The summed E-state index contributed by atoms with van der Waals surface area (Å²) < 4.78 is 5.18. The summed E-state index contributed by atoms with van der Waals surface area (Å²) in [7, 11) is 0. The number of amides is 1. The van der Waals surface area contributed by atoms with Gasteiger partial charge in [0.1, 0.15) is 5.56 Å². The summed E-state index contributed by atoms with van der Waals surface area (Å²) in [6, 6.07) is 2.70. The Morgan fingerprint density at radius 1 is 1.65 bits per heavy atom. The molecule has 0 saturated carbocycles. The molecule has 1 amide bonds. The lowest BCUT2D eigenvalue weighted by molar-refractivity contribution is -0.0184. The third-order valence-corrected chi connectivity index (χ3v) is 2.75. The van der Waals surface area contributed by atoms with Crippen molar-refractivity contribution in [3.05, 3.63) is 34.2 Å². The number of hydrogen-bond donors (Lipinski definition) is 2. The number of aliphatic hydroxyl groups excluding tert-OH is 1. The Labute approximate surface area is 97.8 Å². The number of H-pyrrole nitrogens is 1. The van der Waals surface area contributed by atoms with Crippen molar-refractivity contribution < 1.29 is 14.6 Å². The van der Waals surface area contributed by atoms with Crippen LogP contribution < -0.4 is 5.56 Å². The Balaban J connectivity index is 2.24. The number of aromatic nitrogens is 1. The van der Waals surface area contributed by atoms with Crippen molar-refractivity contribution >= 4 is 5.91 Å². The number of nitrogens with one attached hydrogen (secondary N) is 1. The van der Waals surface area contributed by atoms with E-state index >= 15 is 0 Å². The number of aliphatic hydroxyl groups is 1. The molecule has 1 atom stereocenters. The standard InChI is InChI=1S/C11H14N2O4/c14-6-8-7-17-5-4-13(8)11(16)9-2-1-3-12-10(9)15/h1-3,8,14H,4-7H2,(H,12,15). The van der Waals surface area contributed by atoms with Gasteiger partial charge in [-0.05, 0) is 12.1 Å². The zero-order valence-corrected chi connectivity index (χ0v) is 9.26. The van der Waals surface area contributed by atoms with Crippen molar-refractivity contribution in [2.45, 2.75) is 6.04 Å². The molecule has 6 nitrogen and oxygen atoms in total. The Morgan fingerprint density at radius 3 is 3.18 bits per heavy atom. The summed E-state index contributed by atoms with van der Waals surface area (Å²) in [5, 5.41) is 9.17. The van der Waals surface area contributed by atoms with Crippen molar-refractivity contribution in [2.75, 3.05) is 26.4 Å². The molecule has 0 spiro atoms. The molecule has 2 heterocycles. The largest absolute Gasteiger partial charge is 0.394 e. The molecule has 17 heavy (non-hydrogen) atoms. The highest BCUT2D eigenvalue weighted by molar-refractivity contribution is 5.94. The first-order chi connectivity index (χ1) is 8.24. The van der Waals surface area contributed by atoms with Gasteiger partial charge in [0.05, 0.1) is 25.9 Å². The van der Waals surface area contributed by atoms with E-state index in [4.69, 9.17) is 9.84 Å². The average molecular weight is 238 g/mol. The van der Waals surface area contributed by atoms with Crippen LogP contribution in [0.15, 0.2) is 23.1 Å². The first-order valence-corrected chi connectivity index (χ1v) is 5.41. The van der Waals surface area contributed by atoms with E-state index in [2.05, 4.69) is 4.98 Å². The maximum Gasteiger partial charge on any atom is 0.260 e. The molecule has 1 aliphatic rings. The number of carbonyl (C=O) groups excluding carboxylic acids is 1. The lowest BCUT2D eigenvalue weighted by Crippen LogP contribution is -2.51. The van der Waals surface area contributed by atoms with Crippen molar-refractivity contribution in [3.63, 3.8) is 0 Å². The maximum atomic E-state index is 12.1. The summed E-state index contributed by atoms with van der Waals surface area (Å²) in [5.74, 6) is -0.366. The lowest BCUT2D eigenvalue weighted by Gasteiger charge is -2.34. The molecule has 2 N–H and O–H groups in total. The molecule has 0 radical (unpaired) electrons. The van der Waals surface area contributed by atoms with E-state index < -0.39 is 5.56 Å². The fourth-order valence-corrected chi connectivity index (χ4v) is 1.82. The molecule has 1 aromatic heterocycles. The number of carbonyl (C=O) groups is 1. The summed E-state index contributed by atoms with van der Waals surface area (Å²) in [6.45, 7) is 0.939. The third kappa shape index (κ3) is 2.37. The smallest absolute Gasteiger partial charge is 0.260 e. The number of rotatable bonds is 2. The Kier molecular flexibility index (Phi) is 3.55. The second kappa shape index (κ2) is 5.11. The van der Waals surface area contributed by atoms with Crippen LogP contribution in [0.5, 0.6) is 0 Å². The van der Waals surface area contributed by atoms with Crippen LogP contribution in [0.1, 0.15) is 10.4 Å². The number of aromatic amines is 1. The first-order valence-electron chi connectivity index (χ1n) is 5.41. The lowest BCUT2D eigenvalue weighted by atomic mass is 10.2. The van der Waals surface area contributed by atoms with E-state index in [-0.39, 0.29) is 24.1 Å². The van der Waals surface area contributed by atoms with E-state index in [1.807, 2.05) is 0 Å². The quantitative estimate of drug-likeness (QED) is 0.707. The van der Waals surface area contributed by atoms with Gasteiger partial charge in [0, 0.05) is 12.7 Å². The molecule has 6 heteroatoms.